The Balaban J connectivity index is 1.84. The van der Waals surface area contributed by atoms with Crippen LogP contribution in [-0.4, -0.2) is 12.0 Å². The predicted octanol–water partition coefficient (Wildman–Crippen LogP) is 3.19. The molecule has 1 aliphatic rings. The fourth-order valence-corrected chi connectivity index (χ4v) is 2.76. The van der Waals surface area contributed by atoms with Gasteiger partial charge in [0.25, 0.3) is 0 Å². The molecule has 1 fully saturated rings. The Morgan fingerprint density at radius 1 is 1.33 bits per heavy atom. The zero-order chi connectivity index (χ0) is 12.8. The number of hydrogen-bond donors (Lipinski definition) is 2. The highest BCUT2D eigenvalue weighted by Gasteiger charge is 2.13. The fraction of sp³-hybridized carbons (Fsp3) is 0.500. The van der Waals surface area contributed by atoms with Gasteiger partial charge in [0, 0.05) is 10.5 Å². The van der Waals surface area contributed by atoms with Crippen LogP contribution in [0.5, 0.6) is 0 Å². The second-order valence-corrected chi connectivity index (χ2v) is 5.73. The predicted molar refractivity (Wildman–Crippen MR) is 79.5 cm³/mol. The van der Waals surface area contributed by atoms with Gasteiger partial charge in [-0.05, 0) is 30.5 Å². The molecule has 0 aliphatic heterocycles. The lowest BCUT2D eigenvalue weighted by Crippen LogP contribution is -2.41. The van der Waals surface area contributed by atoms with Gasteiger partial charge in [0.2, 0.25) is 0 Å². The van der Waals surface area contributed by atoms with Crippen LogP contribution in [0.2, 0.25) is 0 Å². The van der Waals surface area contributed by atoms with Crippen molar-refractivity contribution in [2.45, 2.75) is 44.7 Å². The first-order valence-corrected chi connectivity index (χ1v) is 7.34. The lowest BCUT2D eigenvalue weighted by atomic mass is 9.96. The molecule has 0 saturated heterocycles. The van der Waals surface area contributed by atoms with E-state index in [0.29, 0.717) is 18.5 Å². The summed E-state index contributed by atoms with van der Waals surface area (Å²) in [5, 5.41) is 3.32. The van der Waals surface area contributed by atoms with Crippen LogP contribution in [0.1, 0.15) is 37.7 Å². The molecule has 0 radical (unpaired) electrons. The number of benzene rings is 1. The molecule has 0 spiro atoms. The maximum Gasteiger partial charge on any atom is 0.189 e. The van der Waals surface area contributed by atoms with Crippen LogP contribution < -0.4 is 11.1 Å². The number of aliphatic imine (C=N–C) groups is 1. The summed E-state index contributed by atoms with van der Waals surface area (Å²) in [7, 11) is 0. The average Bonchev–Trinajstić information content (AvgIpc) is 2.38. The molecule has 0 aromatic heterocycles. The molecule has 0 unspecified atom stereocenters. The minimum absolute atomic E-state index is 0.519. The van der Waals surface area contributed by atoms with Gasteiger partial charge in [0.15, 0.2) is 5.96 Å². The summed E-state index contributed by atoms with van der Waals surface area (Å²) in [4.78, 5) is 4.39. The van der Waals surface area contributed by atoms with E-state index in [9.17, 15) is 0 Å². The Bertz CT molecular complexity index is 411. The van der Waals surface area contributed by atoms with Gasteiger partial charge in [0.05, 0.1) is 6.54 Å². The number of guanidine groups is 1. The van der Waals surface area contributed by atoms with Gasteiger partial charge < -0.3 is 11.1 Å². The smallest absolute Gasteiger partial charge is 0.189 e. The Morgan fingerprint density at radius 3 is 2.83 bits per heavy atom. The molecule has 1 aliphatic carbocycles. The third-order valence-electron chi connectivity index (χ3n) is 3.28. The quantitative estimate of drug-likeness (QED) is 0.665. The van der Waals surface area contributed by atoms with Crippen LogP contribution in [0.25, 0.3) is 0 Å². The van der Waals surface area contributed by atoms with Crippen molar-refractivity contribution >= 4 is 21.9 Å². The van der Waals surface area contributed by atoms with Crippen molar-refractivity contribution in [1.82, 2.24) is 5.32 Å². The standard InChI is InChI=1S/C14H20BrN3/c15-12-6-4-5-11(9-12)10-17-14(16)18-13-7-2-1-3-8-13/h4-6,9,13H,1-3,7-8,10H2,(H3,16,17,18). The van der Waals surface area contributed by atoms with Crippen LogP contribution in [0.4, 0.5) is 0 Å². The summed E-state index contributed by atoms with van der Waals surface area (Å²) in [6.07, 6.45) is 6.39. The van der Waals surface area contributed by atoms with Gasteiger partial charge >= 0.3 is 0 Å². The summed E-state index contributed by atoms with van der Waals surface area (Å²) in [5.74, 6) is 0.571. The van der Waals surface area contributed by atoms with Crippen molar-refractivity contribution in [2.24, 2.45) is 10.7 Å². The second kappa shape index (κ2) is 6.78. The molecule has 98 valence electrons. The topological polar surface area (TPSA) is 50.4 Å². The Labute approximate surface area is 117 Å². The normalized spacial score (nSPS) is 17.7. The molecule has 4 heteroatoms. The van der Waals surface area contributed by atoms with Crippen LogP contribution in [0.15, 0.2) is 33.7 Å². The van der Waals surface area contributed by atoms with E-state index >= 15 is 0 Å². The molecule has 1 aromatic rings. The fourth-order valence-electron chi connectivity index (χ4n) is 2.31. The highest BCUT2D eigenvalue weighted by molar-refractivity contribution is 9.10. The first kappa shape index (κ1) is 13.4. The number of rotatable bonds is 3. The van der Waals surface area contributed by atoms with Gasteiger partial charge in [-0.3, -0.25) is 0 Å². The zero-order valence-electron chi connectivity index (χ0n) is 10.5. The summed E-state index contributed by atoms with van der Waals surface area (Å²) in [5.41, 5.74) is 7.08. The minimum atomic E-state index is 0.519. The van der Waals surface area contributed by atoms with Gasteiger partial charge in [-0.1, -0.05) is 47.3 Å². The lowest BCUT2D eigenvalue weighted by Gasteiger charge is -2.23. The Morgan fingerprint density at radius 2 is 2.11 bits per heavy atom. The largest absolute Gasteiger partial charge is 0.370 e. The summed E-state index contributed by atoms with van der Waals surface area (Å²) in [6, 6.07) is 8.67. The molecule has 0 amide bonds. The second-order valence-electron chi connectivity index (χ2n) is 4.81. The number of nitrogens with one attached hydrogen (secondary N) is 1. The highest BCUT2D eigenvalue weighted by atomic mass is 79.9. The molecule has 0 heterocycles. The van der Waals surface area contributed by atoms with E-state index < -0.39 is 0 Å². The van der Waals surface area contributed by atoms with Crippen molar-refractivity contribution in [1.29, 1.82) is 0 Å². The van der Waals surface area contributed by atoms with Crippen molar-refractivity contribution in [3.63, 3.8) is 0 Å². The SMILES string of the molecule is NC(=NCc1cccc(Br)c1)NC1CCCCC1. The molecule has 3 N–H and O–H groups in total. The van der Waals surface area contributed by atoms with Crippen molar-refractivity contribution < 1.29 is 0 Å². The third kappa shape index (κ3) is 4.33. The van der Waals surface area contributed by atoms with E-state index in [1.165, 1.54) is 32.1 Å². The van der Waals surface area contributed by atoms with E-state index in [1.807, 2.05) is 12.1 Å². The van der Waals surface area contributed by atoms with Crippen LogP contribution in [-0.2, 0) is 6.54 Å². The summed E-state index contributed by atoms with van der Waals surface area (Å²) < 4.78 is 1.08. The van der Waals surface area contributed by atoms with E-state index in [-0.39, 0.29) is 0 Å². The molecule has 3 nitrogen and oxygen atoms in total. The van der Waals surface area contributed by atoms with Crippen molar-refractivity contribution in [3.8, 4) is 0 Å². The van der Waals surface area contributed by atoms with Crippen LogP contribution in [0, 0.1) is 0 Å². The van der Waals surface area contributed by atoms with Crippen LogP contribution in [0.3, 0.4) is 0 Å². The third-order valence-corrected chi connectivity index (χ3v) is 3.77. The monoisotopic (exact) mass is 309 g/mol. The van der Waals surface area contributed by atoms with Gasteiger partial charge in [-0.25, -0.2) is 4.99 Å². The molecular weight excluding hydrogens is 290 g/mol. The Kier molecular flexibility index (Phi) is 5.05. The zero-order valence-corrected chi connectivity index (χ0v) is 12.1. The molecule has 2 rings (SSSR count). The number of nitrogens with two attached hydrogens (primary N) is 1. The van der Waals surface area contributed by atoms with E-state index in [0.717, 1.165) is 10.0 Å². The van der Waals surface area contributed by atoms with E-state index in [2.05, 4.69) is 38.4 Å². The number of halogens is 1. The van der Waals surface area contributed by atoms with Gasteiger partial charge in [0.1, 0.15) is 0 Å². The van der Waals surface area contributed by atoms with Crippen molar-refractivity contribution in [3.05, 3.63) is 34.3 Å². The molecular formula is C14H20BrN3. The molecule has 18 heavy (non-hydrogen) atoms. The number of nitrogens with zero attached hydrogens (tertiary/aromatic N) is 1. The molecule has 0 atom stereocenters. The van der Waals surface area contributed by atoms with E-state index in [1.54, 1.807) is 0 Å². The van der Waals surface area contributed by atoms with Crippen molar-refractivity contribution in [2.75, 3.05) is 0 Å². The summed E-state index contributed by atoms with van der Waals surface area (Å²) >= 11 is 3.45. The first-order chi connectivity index (χ1) is 8.74. The van der Waals surface area contributed by atoms with Gasteiger partial charge in [-0.2, -0.15) is 0 Å². The van der Waals surface area contributed by atoms with Gasteiger partial charge in [-0.15, -0.1) is 0 Å². The minimum Gasteiger partial charge on any atom is -0.370 e. The highest BCUT2D eigenvalue weighted by Crippen LogP contribution is 2.17. The summed E-state index contributed by atoms with van der Waals surface area (Å²) in [6.45, 7) is 0.630. The van der Waals surface area contributed by atoms with E-state index in [4.69, 9.17) is 5.73 Å². The maximum atomic E-state index is 5.92. The molecule has 1 saturated carbocycles. The lowest BCUT2D eigenvalue weighted by molar-refractivity contribution is 0.412. The molecule has 0 bridgehead atoms. The first-order valence-electron chi connectivity index (χ1n) is 6.55. The maximum absolute atomic E-state index is 5.92. The van der Waals surface area contributed by atoms with Crippen LogP contribution >= 0.6 is 15.9 Å². The average molecular weight is 310 g/mol. The Hall–Kier alpha value is -1.03. The number of hydrogen-bond acceptors (Lipinski definition) is 1. The molecule has 1 aromatic carbocycles.